The zero-order valence-electron chi connectivity index (χ0n) is 9.31. The van der Waals surface area contributed by atoms with Gasteiger partial charge < -0.3 is 14.4 Å². The van der Waals surface area contributed by atoms with Crippen LogP contribution in [0.5, 0.6) is 0 Å². The summed E-state index contributed by atoms with van der Waals surface area (Å²) in [5.74, 6) is -0.311. The summed E-state index contributed by atoms with van der Waals surface area (Å²) in [5, 5.41) is 8.27. The molecular weight excluding hydrogens is 195 g/mol. The molecule has 1 N–H and O–H groups in total. The Labute approximate surface area is 91.6 Å². The Balaban J connectivity index is 3.88. The SMILES string of the molecule is CCCCCC(/C=C/O[B]O)OC(C)=O. The topological polar surface area (TPSA) is 55.8 Å². The maximum absolute atomic E-state index is 10.8. The van der Waals surface area contributed by atoms with E-state index in [9.17, 15) is 4.79 Å². The van der Waals surface area contributed by atoms with Crippen molar-refractivity contribution in [2.24, 2.45) is 0 Å². The second-order valence-electron chi connectivity index (χ2n) is 3.21. The number of rotatable bonds is 8. The largest absolute Gasteiger partial charge is 0.568 e. The van der Waals surface area contributed by atoms with Gasteiger partial charge in [0.25, 0.3) is 0 Å². The Morgan fingerprint density at radius 2 is 2.27 bits per heavy atom. The molecule has 0 fully saturated rings. The minimum absolute atomic E-state index is 0.269. The van der Waals surface area contributed by atoms with Crippen LogP contribution in [0.15, 0.2) is 12.3 Å². The lowest BCUT2D eigenvalue weighted by molar-refractivity contribution is -0.144. The van der Waals surface area contributed by atoms with Gasteiger partial charge in [-0.1, -0.05) is 19.8 Å². The zero-order chi connectivity index (χ0) is 11.5. The van der Waals surface area contributed by atoms with Crippen LogP contribution in [0.1, 0.15) is 39.5 Å². The van der Waals surface area contributed by atoms with Crippen LogP contribution in [-0.2, 0) is 14.2 Å². The second-order valence-corrected chi connectivity index (χ2v) is 3.21. The van der Waals surface area contributed by atoms with Gasteiger partial charge in [-0.05, 0) is 18.9 Å². The molecular formula is C10H18BO4. The molecule has 0 bridgehead atoms. The van der Waals surface area contributed by atoms with Crippen LogP contribution in [0.4, 0.5) is 0 Å². The van der Waals surface area contributed by atoms with Crippen LogP contribution < -0.4 is 0 Å². The van der Waals surface area contributed by atoms with Crippen molar-refractivity contribution in [3.8, 4) is 0 Å². The number of esters is 1. The van der Waals surface area contributed by atoms with Crippen LogP contribution in [0.2, 0.25) is 0 Å². The molecule has 0 aromatic carbocycles. The van der Waals surface area contributed by atoms with Crippen molar-refractivity contribution >= 4 is 13.7 Å². The lowest BCUT2D eigenvalue weighted by atomic mass is 10.1. The fourth-order valence-electron chi connectivity index (χ4n) is 1.17. The van der Waals surface area contributed by atoms with Crippen LogP contribution in [-0.4, -0.2) is 24.8 Å². The van der Waals surface area contributed by atoms with E-state index in [2.05, 4.69) is 11.6 Å². The molecule has 0 aliphatic heterocycles. The highest BCUT2D eigenvalue weighted by molar-refractivity contribution is 6.16. The summed E-state index contributed by atoms with van der Waals surface area (Å²) >= 11 is 0. The molecule has 4 nitrogen and oxygen atoms in total. The Morgan fingerprint density at radius 3 is 2.80 bits per heavy atom. The first-order chi connectivity index (χ1) is 7.20. The number of carbonyl (C=O) groups excluding carboxylic acids is 1. The van der Waals surface area contributed by atoms with Crippen LogP contribution in [0, 0.1) is 0 Å². The smallest absolute Gasteiger partial charge is 0.543 e. The van der Waals surface area contributed by atoms with E-state index >= 15 is 0 Å². The maximum atomic E-state index is 10.8. The molecule has 0 saturated heterocycles. The van der Waals surface area contributed by atoms with E-state index in [1.54, 1.807) is 6.08 Å². The van der Waals surface area contributed by atoms with Crippen molar-refractivity contribution in [2.75, 3.05) is 0 Å². The van der Waals surface area contributed by atoms with Crippen molar-refractivity contribution in [1.82, 2.24) is 0 Å². The van der Waals surface area contributed by atoms with E-state index in [1.807, 2.05) is 0 Å². The molecule has 0 aromatic rings. The molecule has 0 rings (SSSR count). The average molecular weight is 213 g/mol. The van der Waals surface area contributed by atoms with Gasteiger partial charge >= 0.3 is 13.7 Å². The Hall–Kier alpha value is -0.965. The third-order valence-corrected chi connectivity index (χ3v) is 1.84. The predicted octanol–water partition coefficient (Wildman–Crippen LogP) is 1.56. The number of unbranched alkanes of at least 4 members (excludes halogenated alkanes) is 2. The highest BCUT2D eigenvalue weighted by Crippen LogP contribution is 2.08. The van der Waals surface area contributed by atoms with Gasteiger partial charge in [-0.2, -0.15) is 0 Å². The normalized spacial score (nSPS) is 12.5. The summed E-state index contributed by atoms with van der Waals surface area (Å²) in [6, 6.07) is 0. The minimum atomic E-state index is -0.311. The first-order valence-electron chi connectivity index (χ1n) is 5.16. The highest BCUT2D eigenvalue weighted by Gasteiger charge is 2.07. The number of ether oxygens (including phenoxy) is 1. The monoisotopic (exact) mass is 213 g/mol. The fourth-order valence-corrected chi connectivity index (χ4v) is 1.17. The van der Waals surface area contributed by atoms with Gasteiger partial charge in [0.15, 0.2) is 0 Å². The molecule has 1 radical (unpaired) electrons. The summed E-state index contributed by atoms with van der Waals surface area (Å²) in [6.07, 6.45) is 6.66. The first kappa shape index (κ1) is 14.0. The minimum Gasteiger partial charge on any atom is -0.543 e. The van der Waals surface area contributed by atoms with Gasteiger partial charge in [-0.3, -0.25) is 4.79 Å². The van der Waals surface area contributed by atoms with Crippen LogP contribution in [0.25, 0.3) is 0 Å². The quantitative estimate of drug-likeness (QED) is 0.287. The third-order valence-electron chi connectivity index (χ3n) is 1.84. The zero-order valence-corrected chi connectivity index (χ0v) is 9.31. The van der Waals surface area contributed by atoms with E-state index < -0.39 is 0 Å². The van der Waals surface area contributed by atoms with Crippen molar-refractivity contribution in [3.63, 3.8) is 0 Å². The Bertz CT molecular complexity index is 194. The number of carbonyl (C=O) groups is 1. The van der Waals surface area contributed by atoms with Crippen molar-refractivity contribution in [2.45, 2.75) is 45.6 Å². The molecule has 1 atom stereocenters. The lowest BCUT2D eigenvalue weighted by Gasteiger charge is -2.12. The lowest BCUT2D eigenvalue weighted by Crippen LogP contribution is -2.13. The first-order valence-corrected chi connectivity index (χ1v) is 5.16. The second kappa shape index (κ2) is 9.58. The molecule has 0 aliphatic carbocycles. The van der Waals surface area contributed by atoms with E-state index in [4.69, 9.17) is 9.76 Å². The Kier molecular flexibility index (Phi) is 8.97. The van der Waals surface area contributed by atoms with Gasteiger partial charge in [-0.25, -0.2) is 0 Å². The molecule has 0 heterocycles. The molecule has 0 aliphatic rings. The summed E-state index contributed by atoms with van der Waals surface area (Å²) in [4.78, 5) is 10.8. The molecule has 0 aromatic heterocycles. The maximum Gasteiger partial charge on any atom is 0.568 e. The van der Waals surface area contributed by atoms with Crippen molar-refractivity contribution < 1.29 is 19.2 Å². The van der Waals surface area contributed by atoms with Crippen LogP contribution in [0.3, 0.4) is 0 Å². The average Bonchev–Trinajstić information content (AvgIpc) is 2.17. The Morgan fingerprint density at radius 1 is 1.53 bits per heavy atom. The van der Waals surface area contributed by atoms with Gasteiger partial charge in [-0.15, -0.1) is 0 Å². The molecule has 5 heteroatoms. The van der Waals surface area contributed by atoms with E-state index in [0.29, 0.717) is 7.69 Å². The molecule has 1 unspecified atom stereocenters. The number of hydrogen-bond acceptors (Lipinski definition) is 4. The van der Waals surface area contributed by atoms with Gasteiger partial charge in [0.2, 0.25) is 0 Å². The third kappa shape index (κ3) is 9.34. The standard InChI is InChI=1S/C10H18BO4/c1-3-4-5-6-10(15-9(2)12)7-8-14-11-13/h7-8,10,13H,3-6H2,1-2H3/b8-7+. The fraction of sp³-hybridized carbons (Fsp3) is 0.700. The van der Waals surface area contributed by atoms with E-state index in [0.717, 1.165) is 25.7 Å². The summed E-state index contributed by atoms with van der Waals surface area (Å²) in [5.41, 5.74) is 0. The number of hydrogen-bond donors (Lipinski definition) is 1. The van der Waals surface area contributed by atoms with Crippen LogP contribution >= 0.6 is 0 Å². The molecule has 85 valence electrons. The van der Waals surface area contributed by atoms with E-state index in [-0.39, 0.29) is 12.1 Å². The van der Waals surface area contributed by atoms with Crippen molar-refractivity contribution in [3.05, 3.63) is 12.3 Å². The molecule has 15 heavy (non-hydrogen) atoms. The van der Waals surface area contributed by atoms with Gasteiger partial charge in [0.05, 0.1) is 6.26 Å². The molecule has 0 amide bonds. The highest BCUT2D eigenvalue weighted by atomic mass is 16.5. The van der Waals surface area contributed by atoms with Gasteiger partial charge in [0.1, 0.15) is 6.10 Å². The summed E-state index contributed by atoms with van der Waals surface area (Å²) < 4.78 is 9.55. The van der Waals surface area contributed by atoms with E-state index in [1.165, 1.54) is 13.2 Å². The molecule has 0 saturated carbocycles. The summed E-state index contributed by atoms with van der Waals surface area (Å²) in [7, 11) is 0.577. The van der Waals surface area contributed by atoms with Crippen molar-refractivity contribution in [1.29, 1.82) is 0 Å². The summed E-state index contributed by atoms with van der Waals surface area (Å²) in [6.45, 7) is 3.49. The molecule has 0 spiro atoms. The predicted molar refractivity (Wildman–Crippen MR) is 57.9 cm³/mol. The van der Waals surface area contributed by atoms with Gasteiger partial charge in [0, 0.05) is 6.92 Å².